The van der Waals surface area contributed by atoms with Crippen LogP contribution >= 0.6 is 0 Å². The molecule has 268 valence electrons. The number of rotatable bonds is 11. The van der Waals surface area contributed by atoms with Gasteiger partial charge >= 0.3 is 0 Å². The Hall–Kier alpha value is -4.61. The van der Waals surface area contributed by atoms with Crippen LogP contribution in [0.4, 0.5) is 4.39 Å². The van der Waals surface area contributed by atoms with Crippen molar-refractivity contribution in [1.29, 1.82) is 0 Å². The molecule has 4 aromatic rings. The third kappa shape index (κ3) is 8.83. The van der Waals surface area contributed by atoms with Gasteiger partial charge in [-0.05, 0) is 113 Å². The highest BCUT2D eigenvalue weighted by atomic mass is 19.1. The van der Waals surface area contributed by atoms with Crippen molar-refractivity contribution < 1.29 is 18.7 Å². The highest BCUT2D eigenvalue weighted by Crippen LogP contribution is 2.30. The molecular weight excluding hydrogens is 645 g/mol. The first-order valence-corrected chi connectivity index (χ1v) is 18.5. The molecule has 3 aliphatic rings. The predicted molar refractivity (Wildman–Crippen MR) is 194 cm³/mol. The monoisotopic (exact) mass is 693 g/mol. The van der Waals surface area contributed by atoms with E-state index >= 15 is 0 Å². The number of carbonyl (C=O) groups excluding carboxylic acids is 2. The predicted octanol–water partition coefficient (Wildman–Crippen LogP) is 5.91. The fourth-order valence-electron chi connectivity index (χ4n) is 7.83. The van der Waals surface area contributed by atoms with E-state index in [0.29, 0.717) is 36.4 Å². The summed E-state index contributed by atoms with van der Waals surface area (Å²) in [5, 5.41) is 14.2. The second-order valence-electron chi connectivity index (χ2n) is 14.5. The maximum absolute atomic E-state index is 14.4. The SMILES string of the molecule is C[C@@H]1CN(CCCc2cccc(-c3cccc(Oc4ncc(F)cc4C(=O)NC4CCC(NC(=O)c5cc6n(n5)CCC6)CC4)c3)c2)C[C@H](C)N1. The molecule has 1 saturated carbocycles. The second-order valence-corrected chi connectivity index (χ2v) is 14.5. The summed E-state index contributed by atoms with van der Waals surface area (Å²) in [7, 11) is 0. The first-order valence-electron chi connectivity index (χ1n) is 18.5. The van der Waals surface area contributed by atoms with Crippen molar-refractivity contribution in [3.8, 4) is 22.8 Å². The molecule has 4 heterocycles. The average molecular weight is 694 g/mol. The molecule has 2 aliphatic heterocycles. The molecule has 0 bridgehead atoms. The lowest BCUT2D eigenvalue weighted by Gasteiger charge is -2.36. The number of carbonyl (C=O) groups is 2. The molecule has 0 spiro atoms. The van der Waals surface area contributed by atoms with Crippen molar-refractivity contribution >= 4 is 11.8 Å². The van der Waals surface area contributed by atoms with Crippen LogP contribution in [0.2, 0.25) is 0 Å². The van der Waals surface area contributed by atoms with Gasteiger partial charge in [-0.2, -0.15) is 5.10 Å². The minimum atomic E-state index is -0.615. The summed E-state index contributed by atoms with van der Waals surface area (Å²) in [5.41, 5.74) is 4.95. The fourth-order valence-corrected chi connectivity index (χ4v) is 7.83. The van der Waals surface area contributed by atoms with Gasteiger partial charge < -0.3 is 25.6 Å². The van der Waals surface area contributed by atoms with E-state index in [2.05, 4.69) is 69.0 Å². The summed E-state index contributed by atoms with van der Waals surface area (Å²) in [6.07, 6.45) is 7.99. The molecule has 1 aliphatic carbocycles. The van der Waals surface area contributed by atoms with Crippen LogP contribution in [0, 0.1) is 5.82 Å². The Labute approximate surface area is 299 Å². The summed E-state index contributed by atoms with van der Waals surface area (Å²) < 4.78 is 22.4. The summed E-state index contributed by atoms with van der Waals surface area (Å²) in [6.45, 7) is 8.60. The number of halogens is 1. The van der Waals surface area contributed by atoms with Crippen molar-refractivity contribution in [3.63, 3.8) is 0 Å². The fraction of sp³-hybridized carbons (Fsp3) is 0.450. The average Bonchev–Trinajstić information content (AvgIpc) is 3.73. The van der Waals surface area contributed by atoms with Gasteiger partial charge in [0.05, 0.1) is 6.20 Å². The highest BCUT2D eigenvalue weighted by Gasteiger charge is 2.27. The number of aromatic nitrogens is 3. The Morgan fingerprint density at radius 1 is 0.922 bits per heavy atom. The van der Waals surface area contributed by atoms with Gasteiger partial charge in [0.2, 0.25) is 5.88 Å². The minimum Gasteiger partial charge on any atom is -0.438 e. The molecule has 10 nitrogen and oxygen atoms in total. The quantitative estimate of drug-likeness (QED) is 0.179. The van der Waals surface area contributed by atoms with Gasteiger partial charge in [0, 0.05) is 49.5 Å². The molecule has 11 heteroatoms. The molecule has 7 rings (SSSR count). The van der Waals surface area contributed by atoms with Gasteiger partial charge in [-0.25, -0.2) is 9.37 Å². The number of fused-ring (bicyclic) bond motifs is 1. The molecule has 2 amide bonds. The maximum atomic E-state index is 14.4. The Bertz CT molecular complexity index is 1820. The summed E-state index contributed by atoms with van der Waals surface area (Å²) >= 11 is 0. The molecule has 2 atom stereocenters. The van der Waals surface area contributed by atoms with Gasteiger partial charge in [0.1, 0.15) is 22.8 Å². The van der Waals surface area contributed by atoms with Crippen LogP contribution in [0.1, 0.15) is 84.5 Å². The van der Waals surface area contributed by atoms with E-state index in [1.54, 1.807) is 0 Å². The van der Waals surface area contributed by atoms with Crippen molar-refractivity contribution in [2.75, 3.05) is 19.6 Å². The molecule has 0 radical (unpaired) electrons. The first-order chi connectivity index (χ1) is 24.8. The lowest BCUT2D eigenvalue weighted by atomic mass is 9.91. The molecule has 2 fully saturated rings. The third-order valence-corrected chi connectivity index (χ3v) is 10.2. The van der Waals surface area contributed by atoms with Gasteiger partial charge in [-0.3, -0.25) is 14.3 Å². The van der Waals surface area contributed by atoms with Crippen LogP contribution in [-0.4, -0.2) is 75.3 Å². The molecule has 51 heavy (non-hydrogen) atoms. The number of aryl methyl sites for hydroxylation is 3. The Kier molecular flexibility index (Phi) is 10.7. The van der Waals surface area contributed by atoms with Gasteiger partial charge in [-0.1, -0.05) is 36.4 Å². The number of pyridine rings is 1. The van der Waals surface area contributed by atoms with E-state index in [4.69, 9.17) is 4.74 Å². The number of nitrogens with zero attached hydrogens (tertiary/aromatic N) is 4. The first kappa shape index (κ1) is 34.8. The molecule has 1 saturated heterocycles. The van der Waals surface area contributed by atoms with Crippen LogP contribution in [0.15, 0.2) is 66.9 Å². The molecule has 3 N–H and O–H groups in total. The Morgan fingerprint density at radius 3 is 2.37 bits per heavy atom. The zero-order valence-electron chi connectivity index (χ0n) is 29.5. The third-order valence-electron chi connectivity index (χ3n) is 10.2. The van der Waals surface area contributed by atoms with Crippen molar-refractivity contribution in [2.45, 2.75) is 95.9 Å². The van der Waals surface area contributed by atoms with E-state index in [1.165, 1.54) is 11.6 Å². The molecule has 2 aromatic heterocycles. The van der Waals surface area contributed by atoms with E-state index in [-0.39, 0.29) is 29.4 Å². The molecular formula is C40H48FN7O3. The number of benzene rings is 2. The number of hydrogen-bond acceptors (Lipinski definition) is 7. The topological polar surface area (TPSA) is 113 Å². The van der Waals surface area contributed by atoms with E-state index < -0.39 is 11.7 Å². The lowest BCUT2D eigenvalue weighted by Crippen LogP contribution is -2.54. The van der Waals surface area contributed by atoms with E-state index in [1.807, 2.05) is 35.0 Å². The van der Waals surface area contributed by atoms with Crippen LogP contribution < -0.4 is 20.7 Å². The van der Waals surface area contributed by atoms with Crippen molar-refractivity contribution in [1.82, 2.24) is 35.6 Å². The molecule has 0 unspecified atom stereocenters. The van der Waals surface area contributed by atoms with Gasteiger partial charge in [0.25, 0.3) is 11.8 Å². The number of ether oxygens (including phenoxy) is 1. The standard InChI is InChI=1S/C40H48FN7O3/c1-26-24-47(25-27(2)43-26)17-5-8-28-7-3-9-29(19-28)30-10-4-12-35(20-30)51-40-36(21-31(41)23-42-40)38(49)44-32-13-15-33(16-14-32)45-39(50)37-22-34-11-6-18-48(34)46-37/h3-4,7,9-10,12,19-23,26-27,32-33,43H,5-6,8,11,13-18,24-25H2,1-2H3,(H,44,49)(H,45,50)/t26-,27+,32?,33?. The summed E-state index contributed by atoms with van der Waals surface area (Å²) in [4.78, 5) is 32.9. The number of nitrogens with one attached hydrogen (secondary N) is 3. The maximum Gasteiger partial charge on any atom is 0.272 e. The van der Waals surface area contributed by atoms with E-state index in [0.717, 1.165) is 87.7 Å². The lowest BCUT2D eigenvalue weighted by molar-refractivity contribution is 0.0887. The van der Waals surface area contributed by atoms with Gasteiger partial charge in [-0.15, -0.1) is 0 Å². The number of hydrogen-bond donors (Lipinski definition) is 3. The zero-order valence-corrected chi connectivity index (χ0v) is 29.5. The molecule has 2 aromatic carbocycles. The summed E-state index contributed by atoms with van der Waals surface area (Å²) in [6, 6.07) is 20.2. The van der Waals surface area contributed by atoms with Crippen LogP contribution in [-0.2, 0) is 19.4 Å². The Balaban J connectivity index is 0.938. The van der Waals surface area contributed by atoms with Crippen molar-refractivity contribution in [3.05, 3.63) is 95.2 Å². The Morgan fingerprint density at radius 2 is 1.63 bits per heavy atom. The van der Waals surface area contributed by atoms with Crippen LogP contribution in [0.5, 0.6) is 11.6 Å². The van der Waals surface area contributed by atoms with Gasteiger partial charge in [0.15, 0.2) is 0 Å². The highest BCUT2D eigenvalue weighted by molar-refractivity contribution is 5.96. The summed E-state index contributed by atoms with van der Waals surface area (Å²) in [5.74, 6) is -0.655. The number of amides is 2. The zero-order chi connectivity index (χ0) is 35.3. The smallest absolute Gasteiger partial charge is 0.272 e. The van der Waals surface area contributed by atoms with Crippen molar-refractivity contribution in [2.24, 2.45) is 0 Å². The number of piperazine rings is 1. The minimum absolute atomic E-state index is 0.00931. The normalized spacial score (nSPS) is 21.9. The van der Waals surface area contributed by atoms with Crippen LogP contribution in [0.25, 0.3) is 11.1 Å². The largest absolute Gasteiger partial charge is 0.438 e. The van der Waals surface area contributed by atoms with E-state index in [9.17, 15) is 14.0 Å². The van der Waals surface area contributed by atoms with Crippen LogP contribution in [0.3, 0.4) is 0 Å². The second kappa shape index (κ2) is 15.7.